The lowest BCUT2D eigenvalue weighted by Crippen LogP contribution is -2.35. The van der Waals surface area contributed by atoms with Crippen LogP contribution in [0.5, 0.6) is 0 Å². The molecule has 0 radical (unpaired) electrons. The van der Waals surface area contributed by atoms with E-state index in [4.69, 9.17) is 0 Å². The lowest BCUT2D eigenvalue weighted by atomic mass is 10.0. The van der Waals surface area contributed by atoms with Gasteiger partial charge in [0.15, 0.2) is 4.80 Å². The second kappa shape index (κ2) is 8.72. The van der Waals surface area contributed by atoms with Crippen molar-refractivity contribution >= 4 is 53.9 Å². The maximum atomic E-state index is 13.4. The topological polar surface area (TPSA) is 71.7 Å². The van der Waals surface area contributed by atoms with Crippen LogP contribution in [-0.2, 0) is 23.5 Å². The molecule has 180 valence electrons. The van der Waals surface area contributed by atoms with Gasteiger partial charge in [-0.1, -0.05) is 59.9 Å². The van der Waals surface area contributed by atoms with Crippen LogP contribution >= 0.6 is 11.3 Å². The van der Waals surface area contributed by atoms with Crippen molar-refractivity contribution < 1.29 is 13.2 Å². The Bertz CT molecular complexity index is 1820. The number of sulfonamides is 1. The van der Waals surface area contributed by atoms with E-state index in [9.17, 15) is 13.2 Å². The number of hydrogen-bond donors (Lipinski definition) is 0. The number of carbonyl (C=O) groups is 1. The highest BCUT2D eigenvalue weighted by atomic mass is 32.2. The van der Waals surface area contributed by atoms with Crippen molar-refractivity contribution in [3.8, 4) is 0 Å². The number of para-hydroxylation sites is 1. The smallest absolute Gasteiger partial charge is 0.279 e. The first-order chi connectivity index (χ1) is 17.4. The van der Waals surface area contributed by atoms with Gasteiger partial charge in [-0.05, 0) is 60.2 Å². The quantitative estimate of drug-likeness (QED) is 0.330. The fraction of sp³-hybridized carbons (Fsp3) is 0.143. The molecule has 0 N–H and O–H groups in total. The Kier molecular flexibility index (Phi) is 5.50. The highest BCUT2D eigenvalue weighted by Gasteiger charge is 2.29. The minimum absolute atomic E-state index is 0.162. The van der Waals surface area contributed by atoms with Gasteiger partial charge in [0.2, 0.25) is 0 Å². The van der Waals surface area contributed by atoms with Crippen LogP contribution in [0.25, 0.3) is 21.0 Å². The summed E-state index contributed by atoms with van der Waals surface area (Å²) in [6.07, 6.45) is 1.63. The number of hydrogen-bond acceptors (Lipinski definition) is 4. The normalized spacial score (nSPS) is 14.4. The van der Waals surface area contributed by atoms with Crippen molar-refractivity contribution in [2.45, 2.75) is 17.7 Å². The molecule has 6 nitrogen and oxygen atoms in total. The standard InChI is InChI=1S/C28H23N3O3S2/c1-30-26-23-10-4-2-7-19(23)14-17-25(26)35-28(30)29-27(32)21-12-15-22(16-13-21)36(33,34)31-18-6-9-20-8-3-5-11-24(20)31/h2-5,7-8,10-17H,6,9,18H2,1H3. The van der Waals surface area contributed by atoms with Gasteiger partial charge in [0.25, 0.3) is 15.9 Å². The Labute approximate surface area is 212 Å². The minimum atomic E-state index is -3.73. The van der Waals surface area contributed by atoms with Crippen molar-refractivity contribution in [1.29, 1.82) is 0 Å². The van der Waals surface area contributed by atoms with E-state index in [1.165, 1.54) is 39.9 Å². The van der Waals surface area contributed by atoms with Gasteiger partial charge >= 0.3 is 0 Å². The number of aryl methyl sites for hydroxylation is 2. The van der Waals surface area contributed by atoms with E-state index in [0.29, 0.717) is 16.9 Å². The highest BCUT2D eigenvalue weighted by molar-refractivity contribution is 7.92. The molecule has 0 saturated heterocycles. The Hall–Kier alpha value is -3.75. The molecule has 1 aliphatic heterocycles. The number of fused-ring (bicyclic) bond motifs is 4. The fourth-order valence-corrected chi connectivity index (χ4v) is 7.39. The average Bonchev–Trinajstić information content (AvgIpc) is 3.23. The zero-order chi connectivity index (χ0) is 24.9. The summed E-state index contributed by atoms with van der Waals surface area (Å²) in [5.41, 5.74) is 3.13. The van der Waals surface area contributed by atoms with Gasteiger partial charge in [-0.2, -0.15) is 4.99 Å². The first-order valence-electron chi connectivity index (χ1n) is 11.7. The van der Waals surface area contributed by atoms with E-state index in [0.717, 1.165) is 45.1 Å². The summed E-state index contributed by atoms with van der Waals surface area (Å²) < 4.78 is 31.2. The van der Waals surface area contributed by atoms with Gasteiger partial charge in [0, 0.05) is 24.5 Å². The predicted octanol–water partition coefficient (Wildman–Crippen LogP) is 5.28. The summed E-state index contributed by atoms with van der Waals surface area (Å²) in [7, 11) is -1.83. The molecule has 0 fully saturated rings. The van der Waals surface area contributed by atoms with Crippen LogP contribution in [0.3, 0.4) is 0 Å². The lowest BCUT2D eigenvalue weighted by Gasteiger charge is -2.30. The number of thiazole rings is 1. The summed E-state index contributed by atoms with van der Waals surface area (Å²) in [6, 6.07) is 25.9. The van der Waals surface area contributed by atoms with Crippen LogP contribution < -0.4 is 9.11 Å². The summed E-state index contributed by atoms with van der Waals surface area (Å²) in [5, 5.41) is 2.24. The summed E-state index contributed by atoms with van der Waals surface area (Å²) in [4.78, 5) is 18.1. The third-order valence-electron chi connectivity index (χ3n) is 6.64. The molecule has 1 aliphatic rings. The van der Waals surface area contributed by atoms with Crippen molar-refractivity contribution in [2.75, 3.05) is 10.8 Å². The maximum absolute atomic E-state index is 13.4. The second-order valence-corrected chi connectivity index (χ2v) is 11.7. The van der Waals surface area contributed by atoms with Crippen molar-refractivity contribution in [3.05, 3.63) is 101 Å². The van der Waals surface area contributed by atoms with E-state index < -0.39 is 15.9 Å². The number of amides is 1. The molecule has 1 amide bonds. The largest absolute Gasteiger partial charge is 0.319 e. The van der Waals surface area contributed by atoms with Crippen molar-refractivity contribution in [2.24, 2.45) is 12.0 Å². The molecule has 0 unspecified atom stereocenters. The zero-order valence-corrected chi connectivity index (χ0v) is 21.2. The molecule has 2 heterocycles. The number of rotatable bonds is 3. The fourth-order valence-electron chi connectivity index (χ4n) is 4.82. The molecule has 0 saturated carbocycles. The molecule has 36 heavy (non-hydrogen) atoms. The molecular weight excluding hydrogens is 490 g/mol. The molecule has 0 aliphatic carbocycles. The SMILES string of the molecule is Cn1c(=NC(=O)c2ccc(S(=O)(=O)N3CCCc4ccccc43)cc2)sc2ccc3ccccc3c21. The number of nitrogens with zero attached hydrogens (tertiary/aromatic N) is 3. The van der Waals surface area contributed by atoms with Gasteiger partial charge in [-0.25, -0.2) is 8.42 Å². The maximum Gasteiger partial charge on any atom is 0.279 e. The molecule has 1 aromatic heterocycles. The molecule has 5 aromatic rings. The third kappa shape index (κ3) is 3.73. The van der Waals surface area contributed by atoms with Crippen LogP contribution in [0.2, 0.25) is 0 Å². The van der Waals surface area contributed by atoms with Gasteiger partial charge in [-0.3, -0.25) is 9.10 Å². The molecule has 8 heteroatoms. The number of benzene rings is 4. The third-order valence-corrected chi connectivity index (χ3v) is 9.57. The van der Waals surface area contributed by atoms with Crippen LogP contribution in [0.15, 0.2) is 94.8 Å². The Morgan fingerprint density at radius 3 is 2.50 bits per heavy atom. The molecule has 0 bridgehead atoms. The van der Waals surface area contributed by atoms with Gasteiger partial charge < -0.3 is 4.57 Å². The van der Waals surface area contributed by atoms with E-state index in [1.54, 1.807) is 0 Å². The van der Waals surface area contributed by atoms with Gasteiger partial charge in [0.1, 0.15) is 0 Å². The predicted molar refractivity (Wildman–Crippen MR) is 144 cm³/mol. The van der Waals surface area contributed by atoms with E-state index >= 15 is 0 Å². The lowest BCUT2D eigenvalue weighted by molar-refractivity contribution is 0.0998. The van der Waals surface area contributed by atoms with Crippen molar-refractivity contribution in [3.63, 3.8) is 0 Å². The number of carbonyl (C=O) groups excluding carboxylic acids is 1. The van der Waals surface area contributed by atoms with E-state index in [1.807, 2.05) is 54.1 Å². The minimum Gasteiger partial charge on any atom is -0.319 e. The monoisotopic (exact) mass is 513 g/mol. The van der Waals surface area contributed by atoms with Gasteiger partial charge in [-0.15, -0.1) is 0 Å². The highest BCUT2D eigenvalue weighted by Crippen LogP contribution is 2.32. The average molecular weight is 514 g/mol. The van der Waals surface area contributed by atoms with E-state index in [-0.39, 0.29) is 4.90 Å². The first kappa shape index (κ1) is 22.7. The van der Waals surface area contributed by atoms with Crippen LogP contribution in [-0.4, -0.2) is 25.4 Å². The number of anilines is 1. The summed E-state index contributed by atoms with van der Waals surface area (Å²) in [5.74, 6) is -0.409. The Balaban J connectivity index is 1.33. The molecular formula is C28H23N3O3S2. The Morgan fingerprint density at radius 2 is 1.67 bits per heavy atom. The second-order valence-electron chi connectivity index (χ2n) is 8.83. The van der Waals surface area contributed by atoms with Crippen LogP contribution in [0, 0.1) is 0 Å². The summed E-state index contributed by atoms with van der Waals surface area (Å²) in [6.45, 7) is 0.437. The zero-order valence-electron chi connectivity index (χ0n) is 19.6. The van der Waals surface area contributed by atoms with Crippen LogP contribution in [0.1, 0.15) is 22.3 Å². The van der Waals surface area contributed by atoms with Gasteiger partial charge in [0.05, 0.1) is 20.8 Å². The molecule has 4 aromatic carbocycles. The van der Waals surface area contributed by atoms with Crippen molar-refractivity contribution in [1.82, 2.24) is 4.57 Å². The summed E-state index contributed by atoms with van der Waals surface area (Å²) >= 11 is 1.45. The van der Waals surface area contributed by atoms with E-state index in [2.05, 4.69) is 23.2 Å². The molecule has 6 rings (SSSR count). The Morgan fingerprint density at radius 1 is 0.917 bits per heavy atom. The first-order valence-corrected chi connectivity index (χ1v) is 14.0. The molecule has 0 spiro atoms. The van der Waals surface area contributed by atoms with Crippen LogP contribution in [0.4, 0.5) is 5.69 Å². The molecule has 0 atom stereocenters. The number of aromatic nitrogens is 1.